The Kier molecular flexibility index (Phi) is 6.02. The molecule has 1 aromatic carbocycles. The fraction of sp³-hybridized carbons (Fsp3) is 0.222. The standard InChI is InChI=1S/C18H16BrN3O4S/c1-11-8-12(2-3-14(11)19)21-15(23)9-26-16(24)4-6-22-10-20-17-13(18(22)25)5-7-27-17/h2-3,5,7-8,10H,4,6,9H2,1H3,(H,21,23). The summed E-state index contributed by atoms with van der Waals surface area (Å²) in [6.07, 6.45) is 1.39. The Morgan fingerprint density at radius 1 is 1.33 bits per heavy atom. The van der Waals surface area contributed by atoms with Crippen LogP contribution in [0.1, 0.15) is 12.0 Å². The number of aryl methyl sites for hydroxylation is 2. The largest absolute Gasteiger partial charge is 0.456 e. The number of fused-ring (bicyclic) bond motifs is 1. The van der Waals surface area contributed by atoms with Gasteiger partial charge in [0.25, 0.3) is 11.5 Å². The number of anilines is 1. The van der Waals surface area contributed by atoms with Gasteiger partial charge in [-0.3, -0.25) is 19.0 Å². The van der Waals surface area contributed by atoms with Crippen molar-refractivity contribution in [2.45, 2.75) is 19.9 Å². The smallest absolute Gasteiger partial charge is 0.308 e. The van der Waals surface area contributed by atoms with Crippen molar-refractivity contribution in [2.24, 2.45) is 0 Å². The van der Waals surface area contributed by atoms with E-state index in [-0.39, 0.29) is 25.1 Å². The van der Waals surface area contributed by atoms with Gasteiger partial charge in [-0.05, 0) is 42.1 Å². The molecular formula is C18H16BrN3O4S. The second kappa shape index (κ2) is 8.45. The summed E-state index contributed by atoms with van der Waals surface area (Å²) in [7, 11) is 0. The maximum absolute atomic E-state index is 12.2. The first-order valence-electron chi connectivity index (χ1n) is 8.08. The van der Waals surface area contributed by atoms with E-state index in [2.05, 4.69) is 26.2 Å². The van der Waals surface area contributed by atoms with Crippen LogP contribution in [-0.4, -0.2) is 28.0 Å². The number of rotatable bonds is 6. The number of ether oxygens (including phenoxy) is 1. The molecule has 2 heterocycles. The second-order valence-corrected chi connectivity index (χ2v) is 7.55. The van der Waals surface area contributed by atoms with Gasteiger partial charge >= 0.3 is 5.97 Å². The number of hydrogen-bond acceptors (Lipinski definition) is 6. The van der Waals surface area contributed by atoms with Crippen LogP contribution in [0.15, 0.2) is 45.2 Å². The fourth-order valence-electron chi connectivity index (χ4n) is 2.40. The average molecular weight is 450 g/mol. The molecule has 0 aliphatic heterocycles. The van der Waals surface area contributed by atoms with Crippen molar-refractivity contribution >= 4 is 55.0 Å². The zero-order chi connectivity index (χ0) is 19.4. The van der Waals surface area contributed by atoms with Gasteiger partial charge in [0.15, 0.2) is 6.61 Å². The highest BCUT2D eigenvalue weighted by molar-refractivity contribution is 9.10. The molecule has 3 rings (SSSR count). The summed E-state index contributed by atoms with van der Waals surface area (Å²) in [6, 6.07) is 7.09. The van der Waals surface area contributed by atoms with Gasteiger partial charge in [-0.2, -0.15) is 0 Å². The van der Waals surface area contributed by atoms with E-state index in [0.29, 0.717) is 15.9 Å². The van der Waals surface area contributed by atoms with E-state index in [1.54, 1.807) is 17.5 Å². The number of nitrogens with zero attached hydrogens (tertiary/aromatic N) is 2. The molecule has 0 spiro atoms. The molecule has 0 saturated heterocycles. The van der Waals surface area contributed by atoms with Crippen molar-refractivity contribution in [2.75, 3.05) is 11.9 Å². The number of carbonyl (C=O) groups is 2. The molecule has 0 bridgehead atoms. The molecular weight excluding hydrogens is 434 g/mol. The van der Waals surface area contributed by atoms with E-state index in [1.807, 2.05) is 19.1 Å². The maximum atomic E-state index is 12.2. The fourth-order valence-corrected chi connectivity index (χ4v) is 3.37. The number of amides is 1. The van der Waals surface area contributed by atoms with Crippen LogP contribution in [0.4, 0.5) is 5.69 Å². The summed E-state index contributed by atoms with van der Waals surface area (Å²) in [5, 5.41) is 4.99. The minimum atomic E-state index is -0.561. The van der Waals surface area contributed by atoms with Crippen molar-refractivity contribution in [3.8, 4) is 0 Å². The first-order chi connectivity index (χ1) is 12.9. The summed E-state index contributed by atoms with van der Waals surface area (Å²) in [4.78, 5) is 40.8. The first-order valence-corrected chi connectivity index (χ1v) is 9.75. The van der Waals surface area contributed by atoms with Gasteiger partial charge in [-0.25, -0.2) is 4.98 Å². The minimum absolute atomic E-state index is 0.0259. The lowest BCUT2D eigenvalue weighted by atomic mass is 10.2. The van der Waals surface area contributed by atoms with E-state index in [0.717, 1.165) is 10.0 Å². The van der Waals surface area contributed by atoms with Crippen LogP contribution >= 0.6 is 27.3 Å². The van der Waals surface area contributed by atoms with Gasteiger partial charge in [-0.15, -0.1) is 11.3 Å². The Labute approximate surface area is 167 Å². The van der Waals surface area contributed by atoms with Crippen molar-refractivity contribution in [1.82, 2.24) is 9.55 Å². The Hall–Kier alpha value is -2.52. The van der Waals surface area contributed by atoms with Crippen molar-refractivity contribution in [1.29, 1.82) is 0 Å². The third-order valence-corrected chi connectivity index (χ3v) is 5.52. The van der Waals surface area contributed by atoms with Crippen molar-refractivity contribution < 1.29 is 14.3 Å². The van der Waals surface area contributed by atoms with Crippen molar-refractivity contribution in [3.05, 3.63) is 56.4 Å². The van der Waals surface area contributed by atoms with Crippen LogP contribution in [0.25, 0.3) is 10.2 Å². The molecule has 1 amide bonds. The van der Waals surface area contributed by atoms with Gasteiger partial charge in [0.05, 0.1) is 18.1 Å². The lowest BCUT2D eigenvalue weighted by molar-refractivity contribution is -0.147. The molecule has 0 unspecified atom stereocenters. The lowest BCUT2D eigenvalue weighted by Crippen LogP contribution is -2.24. The zero-order valence-corrected chi connectivity index (χ0v) is 16.8. The second-order valence-electron chi connectivity index (χ2n) is 5.81. The SMILES string of the molecule is Cc1cc(NC(=O)COC(=O)CCn2cnc3sccc3c2=O)ccc1Br. The zero-order valence-electron chi connectivity index (χ0n) is 14.4. The summed E-state index contributed by atoms with van der Waals surface area (Å²) in [5.41, 5.74) is 1.40. The number of nitrogens with one attached hydrogen (secondary N) is 1. The highest BCUT2D eigenvalue weighted by Gasteiger charge is 2.11. The van der Waals surface area contributed by atoms with Crippen molar-refractivity contribution in [3.63, 3.8) is 0 Å². The van der Waals surface area contributed by atoms with E-state index < -0.39 is 11.9 Å². The Morgan fingerprint density at radius 2 is 2.15 bits per heavy atom. The monoisotopic (exact) mass is 449 g/mol. The molecule has 27 heavy (non-hydrogen) atoms. The molecule has 0 aliphatic carbocycles. The summed E-state index contributed by atoms with van der Waals surface area (Å²) >= 11 is 4.77. The number of benzene rings is 1. The molecule has 0 saturated carbocycles. The van der Waals surface area contributed by atoms with E-state index in [4.69, 9.17) is 4.74 Å². The number of hydrogen-bond donors (Lipinski definition) is 1. The number of thiophene rings is 1. The van der Waals surface area contributed by atoms with Crippen LogP contribution < -0.4 is 10.9 Å². The van der Waals surface area contributed by atoms with Gasteiger partial charge in [0, 0.05) is 16.7 Å². The van der Waals surface area contributed by atoms with Gasteiger partial charge in [0.1, 0.15) is 4.83 Å². The number of carbonyl (C=O) groups excluding carboxylic acids is 2. The van der Waals surface area contributed by atoms with Crippen LogP contribution in [0, 0.1) is 6.92 Å². The molecule has 0 fully saturated rings. The van der Waals surface area contributed by atoms with E-state index in [9.17, 15) is 14.4 Å². The predicted molar refractivity (Wildman–Crippen MR) is 107 cm³/mol. The highest BCUT2D eigenvalue weighted by atomic mass is 79.9. The number of halogens is 1. The predicted octanol–water partition coefficient (Wildman–Crippen LogP) is 3.10. The average Bonchev–Trinajstić information content (AvgIpc) is 3.12. The molecule has 2 aromatic heterocycles. The Bertz CT molecular complexity index is 1060. The quantitative estimate of drug-likeness (QED) is 0.583. The molecule has 1 N–H and O–H groups in total. The normalized spacial score (nSPS) is 10.7. The Morgan fingerprint density at radius 3 is 2.93 bits per heavy atom. The van der Waals surface area contributed by atoms with Gasteiger partial charge < -0.3 is 10.1 Å². The number of esters is 1. The molecule has 9 heteroatoms. The van der Waals surface area contributed by atoms with Gasteiger partial charge in [-0.1, -0.05) is 15.9 Å². The Balaban J connectivity index is 1.48. The van der Waals surface area contributed by atoms with E-state index >= 15 is 0 Å². The lowest BCUT2D eigenvalue weighted by Gasteiger charge is -2.08. The third kappa shape index (κ3) is 4.81. The molecule has 140 valence electrons. The summed E-state index contributed by atoms with van der Waals surface area (Å²) in [6.45, 7) is 1.67. The minimum Gasteiger partial charge on any atom is -0.456 e. The van der Waals surface area contributed by atoms with Crippen LogP contribution in [0.3, 0.4) is 0 Å². The highest BCUT2D eigenvalue weighted by Crippen LogP contribution is 2.19. The summed E-state index contributed by atoms with van der Waals surface area (Å²) < 4.78 is 7.27. The maximum Gasteiger partial charge on any atom is 0.308 e. The third-order valence-electron chi connectivity index (χ3n) is 3.81. The van der Waals surface area contributed by atoms with E-state index in [1.165, 1.54) is 22.2 Å². The first kappa shape index (κ1) is 19.2. The molecule has 7 nitrogen and oxygen atoms in total. The number of aromatic nitrogens is 2. The molecule has 0 atom stereocenters. The molecule has 0 aliphatic rings. The topological polar surface area (TPSA) is 90.3 Å². The van der Waals surface area contributed by atoms with Crippen LogP contribution in [0.2, 0.25) is 0 Å². The van der Waals surface area contributed by atoms with Crippen LogP contribution in [0.5, 0.6) is 0 Å². The molecule has 0 radical (unpaired) electrons. The van der Waals surface area contributed by atoms with Crippen LogP contribution in [-0.2, 0) is 20.9 Å². The van der Waals surface area contributed by atoms with Gasteiger partial charge in [0.2, 0.25) is 0 Å². The molecule has 3 aromatic rings. The summed E-state index contributed by atoms with van der Waals surface area (Å²) in [5.74, 6) is -0.988.